The van der Waals surface area contributed by atoms with Gasteiger partial charge in [-0.3, -0.25) is 0 Å². The van der Waals surface area contributed by atoms with Gasteiger partial charge in [0.05, 0.1) is 11.9 Å². The maximum atomic E-state index is 12.2. The first-order valence-corrected chi connectivity index (χ1v) is 5.49. The molecule has 0 spiro atoms. The molecule has 1 heterocycles. The average molecular weight is 255 g/mol. The first-order valence-electron chi connectivity index (χ1n) is 5.49. The largest absolute Gasteiger partial charge is 0.391 e. The van der Waals surface area contributed by atoms with Crippen LogP contribution in [0, 0.1) is 0 Å². The van der Waals surface area contributed by atoms with Gasteiger partial charge in [0.2, 0.25) is 5.95 Å². The van der Waals surface area contributed by atoms with Crippen molar-refractivity contribution in [1.82, 2.24) is 9.97 Å². The van der Waals surface area contributed by atoms with E-state index in [9.17, 15) is 13.2 Å². The van der Waals surface area contributed by atoms with E-state index in [1.165, 1.54) is 6.92 Å². The van der Waals surface area contributed by atoms with Crippen LogP contribution in [0.3, 0.4) is 0 Å². The number of para-hydroxylation sites is 1. The predicted octanol–water partition coefficient (Wildman–Crippen LogP) is 3.38. The van der Waals surface area contributed by atoms with E-state index in [1.807, 2.05) is 18.2 Å². The third-order valence-electron chi connectivity index (χ3n) is 2.40. The summed E-state index contributed by atoms with van der Waals surface area (Å²) >= 11 is 0. The van der Waals surface area contributed by atoms with Gasteiger partial charge in [0, 0.05) is 17.6 Å². The van der Waals surface area contributed by atoms with E-state index in [0.29, 0.717) is 5.52 Å². The third kappa shape index (κ3) is 3.32. The predicted molar refractivity (Wildman–Crippen MR) is 63.3 cm³/mol. The number of hydrogen-bond donors (Lipinski definition) is 1. The highest BCUT2D eigenvalue weighted by molar-refractivity contribution is 5.78. The van der Waals surface area contributed by atoms with E-state index >= 15 is 0 Å². The van der Waals surface area contributed by atoms with Gasteiger partial charge in [0.1, 0.15) is 0 Å². The van der Waals surface area contributed by atoms with Crippen LogP contribution in [-0.4, -0.2) is 22.2 Å². The molecule has 1 aromatic carbocycles. The maximum Gasteiger partial charge on any atom is 0.391 e. The SMILES string of the molecule is CC(CC(F)(F)F)Nc1ncc2ccccc2n1. The van der Waals surface area contributed by atoms with E-state index in [4.69, 9.17) is 0 Å². The maximum absolute atomic E-state index is 12.2. The van der Waals surface area contributed by atoms with Crippen molar-refractivity contribution in [2.75, 3.05) is 5.32 Å². The minimum absolute atomic E-state index is 0.213. The van der Waals surface area contributed by atoms with Crippen molar-refractivity contribution >= 4 is 16.9 Å². The minimum Gasteiger partial charge on any atom is -0.351 e. The van der Waals surface area contributed by atoms with Crippen molar-refractivity contribution in [2.45, 2.75) is 25.6 Å². The van der Waals surface area contributed by atoms with Crippen LogP contribution in [0.5, 0.6) is 0 Å². The monoisotopic (exact) mass is 255 g/mol. The number of nitrogens with zero attached hydrogens (tertiary/aromatic N) is 2. The van der Waals surface area contributed by atoms with Crippen molar-refractivity contribution in [1.29, 1.82) is 0 Å². The highest BCUT2D eigenvalue weighted by Crippen LogP contribution is 2.22. The summed E-state index contributed by atoms with van der Waals surface area (Å²) in [6.45, 7) is 1.45. The van der Waals surface area contributed by atoms with Gasteiger partial charge in [-0.25, -0.2) is 9.97 Å². The van der Waals surface area contributed by atoms with Crippen molar-refractivity contribution in [3.63, 3.8) is 0 Å². The van der Waals surface area contributed by atoms with Crippen LogP contribution in [0.1, 0.15) is 13.3 Å². The van der Waals surface area contributed by atoms with E-state index in [-0.39, 0.29) is 5.95 Å². The van der Waals surface area contributed by atoms with Crippen molar-refractivity contribution in [3.05, 3.63) is 30.5 Å². The summed E-state index contributed by atoms with van der Waals surface area (Å²) < 4.78 is 36.5. The standard InChI is InChI=1S/C12H12F3N3/c1-8(6-12(13,14)15)17-11-16-7-9-4-2-3-5-10(9)18-11/h2-5,7-8H,6H2,1H3,(H,16,17,18). The topological polar surface area (TPSA) is 37.8 Å². The Morgan fingerprint density at radius 3 is 2.72 bits per heavy atom. The molecule has 0 aliphatic heterocycles. The summed E-state index contributed by atoms with van der Waals surface area (Å²) in [5.41, 5.74) is 0.703. The first-order chi connectivity index (χ1) is 8.44. The Bertz CT molecular complexity index is 539. The molecule has 0 aliphatic rings. The molecule has 1 atom stereocenters. The second-order valence-corrected chi connectivity index (χ2v) is 4.12. The fourth-order valence-corrected chi connectivity index (χ4v) is 1.66. The molecule has 1 unspecified atom stereocenters. The molecule has 2 aromatic rings. The molecule has 0 saturated heterocycles. The number of fused-ring (bicyclic) bond motifs is 1. The Hall–Kier alpha value is -1.85. The first kappa shape index (κ1) is 12.6. The van der Waals surface area contributed by atoms with Crippen LogP contribution in [0.25, 0.3) is 10.9 Å². The molecular weight excluding hydrogens is 243 g/mol. The lowest BCUT2D eigenvalue weighted by Gasteiger charge is -2.15. The molecule has 0 radical (unpaired) electrons. The van der Waals surface area contributed by atoms with Gasteiger partial charge >= 0.3 is 6.18 Å². The molecule has 96 valence electrons. The Kier molecular flexibility index (Phi) is 3.36. The molecular formula is C12H12F3N3. The molecule has 18 heavy (non-hydrogen) atoms. The van der Waals surface area contributed by atoms with E-state index in [2.05, 4.69) is 15.3 Å². The Balaban J connectivity index is 2.12. The molecule has 0 saturated carbocycles. The molecule has 0 fully saturated rings. The molecule has 1 aromatic heterocycles. The van der Waals surface area contributed by atoms with Gasteiger partial charge in [-0.2, -0.15) is 13.2 Å². The van der Waals surface area contributed by atoms with Gasteiger partial charge in [-0.15, -0.1) is 0 Å². The van der Waals surface area contributed by atoms with Crippen molar-refractivity contribution < 1.29 is 13.2 Å². The Labute approximate surface area is 102 Å². The minimum atomic E-state index is -4.19. The number of alkyl halides is 3. The zero-order valence-electron chi connectivity index (χ0n) is 9.70. The van der Waals surface area contributed by atoms with Crippen molar-refractivity contribution in [3.8, 4) is 0 Å². The summed E-state index contributed by atoms with van der Waals surface area (Å²) in [6, 6.07) is 6.55. The highest BCUT2D eigenvalue weighted by Gasteiger charge is 2.30. The molecule has 0 bridgehead atoms. The van der Waals surface area contributed by atoms with Gasteiger partial charge in [-0.05, 0) is 13.0 Å². The van der Waals surface area contributed by atoms with Crippen LogP contribution in [0.2, 0.25) is 0 Å². The third-order valence-corrected chi connectivity index (χ3v) is 2.40. The number of benzene rings is 1. The fourth-order valence-electron chi connectivity index (χ4n) is 1.66. The van der Waals surface area contributed by atoms with Crippen LogP contribution in [0.4, 0.5) is 19.1 Å². The second-order valence-electron chi connectivity index (χ2n) is 4.12. The van der Waals surface area contributed by atoms with E-state index in [0.717, 1.165) is 5.39 Å². The van der Waals surface area contributed by atoms with Crippen LogP contribution in [-0.2, 0) is 0 Å². The van der Waals surface area contributed by atoms with Crippen LogP contribution in [0.15, 0.2) is 30.5 Å². The molecule has 6 heteroatoms. The molecule has 2 rings (SSSR count). The van der Waals surface area contributed by atoms with Gasteiger partial charge in [-0.1, -0.05) is 18.2 Å². The normalized spacial score (nSPS) is 13.6. The quantitative estimate of drug-likeness (QED) is 0.913. The average Bonchev–Trinajstić information content (AvgIpc) is 2.26. The van der Waals surface area contributed by atoms with E-state index in [1.54, 1.807) is 12.3 Å². The highest BCUT2D eigenvalue weighted by atomic mass is 19.4. The Morgan fingerprint density at radius 1 is 1.28 bits per heavy atom. The van der Waals surface area contributed by atoms with Crippen molar-refractivity contribution in [2.24, 2.45) is 0 Å². The number of hydrogen-bond acceptors (Lipinski definition) is 3. The lowest BCUT2D eigenvalue weighted by atomic mass is 10.2. The molecule has 0 amide bonds. The molecule has 3 nitrogen and oxygen atoms in total. The summed E-state index contributed by atoms with van der Waals surface area (Å²) in [5, 5.41) is 3.50. The molecule has 1 N–H and O–H groups in total. The number of rotatable bonds is 3. The van der Waals surface area contributed by atoms with Gasteiger partial charge < -0.3 is 5.32 Å². The smallest absolute Gasteiger partial charge is 0.351 e. The van der Waals surface area contributed by atoms with Gasteiger partial charge in [0.15, 0.2) is 0 Å². The van der Waals surface area contributed by atoms with Crippen LogP contribution >= 0.6 is 0 Å². The summed E-state index contributed by atoms with van der Waals surface area (Å²) in [5.74, 6) is 0.213. The lowest BCUT2D eigenvalue weighted by Crippen LogP contribution is -2.24. The number of aromatic nitrogens is 2. The van der Waals surface area contributed by atoms with Crippen LogP contribution < -0.4 is 5.32 Å². The summed E-state index contributed by atoms with van der Waals surface area (Å²) in [4.78, 5) is 8.14. The fraction of sp³-hybridized carbons (Fsp3) is 0.333. The second kappa shape index (κ2) is 4.80. The number of halogens is 3. The van der Waals surface area contributed by atoms with Gasteiger partial charge in [0.25, 0.3) is 0 Å². The number of anilines is 1. The summed E-state index contributed by atoms with van der Waals surface area (Å²) in [7, 11) is 0. The Morgan fingerprint density at radius 2 is 2.00 bits per heavy atom. The summed E-state index contributed by atoms with van der Waals surface area (Å²) in [6.07, 6.45) is -3.52. The zero-order valence-corrected chi connectivity index (χ0v) is 9.70. The molecule has 0 aliphatic carbocycles. The zero-order chi connectivity index (χ0) is 13.2. The number of nitrogens with one attached hydrogen (secondary N) is 1. The van der Waals surface area contributed by atoms with E-state index < -0.39 is 18.6 Å². The lowest BCUT2D eigenvalue weighted by molar-refractivity contribution is -0.136.